The molecule has 0 amide bonds. The second-order valence-corrected chi connectivity index (χ2v) is 5.76. The maximum atomic E-state index is 12.4. The van der Waals surface area contributed by atoms with Gasteiger partial charge in [0, 0.05) is 35.3 Å². The van der Waals surface area contributed by atoms with E-state index in [-0.39, 0.29) is 5.78 Å². The summed E-state index contributed by atoms with van der Waals surface area (Å²) < 4.78 is 0. The number of carbonyl (C=O) groups excluding carboxylic acids is 1. The number of carbonyl (C=O) groups is 1. The first-order valence-electron chi connectivity index (χ1n) is 7.91. The molecule has 0 unspecified atom stereocenters. The zero-order chi connectivity index (χ0) is 16.4. The minimum atomic E-state index is 0.133. The third-order valence-corrected chi connectivity index (χ3v) is 4.18. The summed E-state index contributed by atoms with van der Waals surface area (Å²) in [6.45, 7) is 0. The summed E-state index contributed by atoms with van der Waals surface area (Å²) in [5, 5.41) is 1.08. The average Bonchev–Trinajstić information content (AvgIpc) is 3.07. The highest BCUT2D eigenvalue weighted by Crippen LogP contribution is 2.27. The topological polar surface area (TPSA) is 45.8 Å². The van der Waals surface area contributed by atoms with Crippen molar-refractivity contribution in [3.8, 4) is 11.1 Å². The third-order valence-electron chi connectivity index (χ3n) is 4.18. The molecule has 0 aliphatic carbocycles. The number of benzene rings is 2. The number of nitrogens with one attached hydrogen (secondary N) is 1. The van der Waals surface area contributed by atoms with E-state index in [9.17, 15) is 4.79 Å². The molecule has 0 atom stereocenters. The van der Waals surface area contributed by atoms with E-state index >= 15 is 0 Å². The molecule has 24 heavy (non-hydrogen) atoms. The van der Waals surface area contributed by atoms with Crippen molar-refractivity contribution >= 4 is 16.8 Å². The zero-order valence-electron chi connectivity index (χ0n) is 13.1. The van der Waals surface area contributed by atoms with Crippen molar-refractivity contribution in [2.24, 2.45) is 0 Å². The van der Waals surface area contributed by atoms with Gasteiger partial charge in [-0.3, -0.25) is 4.79 Å². The summed E-state index contributed by atoms with van der Waals surface area (Å²) in [4.78, 5) is 19.9. The van der Waals surface area contributed by atoms with Crippen LogP contribution >= 0.6 is 0 Å². The molecule has 4 aromatic rings. The van der Waals surface area contributed by atoms with Crippen LogP contribution in [0, 0.1) is 0 Å². The molecule has 3 nitrogen and oxygen atoms in total. The minimum Gasteiger partial charge on any atom is -0.346 e. The van der Waals surface area contributed by atoms with Crippen LogP contribution in [0.1, 0.15) is 15.9 Å². The molecule has 0 radical (unpaired) electrons. The molecule has 4 rings (SSSR count). The number of aromatic nitrogens is 2. The van der Waals surface area contributed by atoms with Gasteiger partial charge >= 0.3 is 0 Å². The van der Waals surface area contributed by atoms with Gasteiger partial charge in [0.25, 0.3) is 0 Å². The highest BCUT2D eigenvalue weighted by Gasteiger charge is 2.09. The van der Waals surface area contributed by atoms with Gasteiger partial charge in [0.1, 0.15) is 5.65 Å². The van der Waals surface area contributed by atoms with Gasteiger partial charge in [-0.1, -0.05) is 54.6 Å². The number of nitrogens with zero attached hydrogens (tertiary/aromatic N) is 1. The molecular formula is C21H16N2O. The zero-order valence-corrected chi connectivity index (χ0v) is 13.1. The van der Waals surface area contributed by atoms with E-state index in [1.54, 1.807) is 6.20 Å². The van der Waals surface area contributed by atoms with E-state index in [0.717, 1.165) is 33.3 Å². The Bertz CT molecular complexity index is 985. The molecule has 0 aliphatic rings. The van der Waals surface area contributed by atoms with E-state index in [1.165, 1.54) is 0 Å². The molecule has 116 valence electrons. The fraction of sp³-hybridized carbons (Fsp3) is 0.0476. The van der Waals surface area contributed by atoms with Gasteiger partial charge in [-0.15, -0.1) is 0 Å². The van der Waals surface area contributed by atoms with Crippen molar-refractivity contribution in [3.63, 3.8) is 0 Å². The lowest BCUT2D eigenvalue weighted by atomic mass is 9.99. The second kappa shape index (κ2) is 6.13. The summed E-state index contributed by atoms with van der Waals surface area (Å²) in [7, 11) is 0. The SMILES string of the molecule is O=C(Cc1ccccc1)c1ccc(-c2c[nH]c3ncccc23)cc1. The maximum absolute atomic E-state index is 12.4. The molecule has 0 bridgehead atoms. The van der Waals surface area contributed by atoms with Crippen LogP contribution in [0.3, 0.4) is 0 Å². The summed E-state index contributed by atoms with van der Waals surface area (Å²) in [6, 6.07) is 21.6. The molecule has 1 N–H and O–H groups in total. The molecule has 0 saturated heterocycles. The molecule has 2 aromatic heterocycles. The molecule has 0 spiro atoms. The Morgan fingerprint density at radius 2 is 1.71 bits per heavy atom. The number of Topliss-reactive ketones (excluding diaryl/α,β-unsaturated/α-hetero) is 1. The minimum absolute atomic E-state index is 0.133. The Kier molecular flexibility index (Phi) is 3.67. The number of H-pyrrole nitrogens is 1. The van der Waals surface area contributed by atoms with Gasteiger partial charge in [0.15, 0.2) is 5.78 Å². The van der Waals surface area contributed by atoms with Gasteiger partial charge in [-0.05, 0) is 23.3 Å². The number of hydrogen-bond acceptors (Lipinski definition) is 2. The Balaban J connectivity index is 1.60. The number of rotatable bonds is 4. The number of ketones is 1. The highest BCUT2D eigenvalue weighted by molar-refractivity contribution is 5.99. The predicted molar refractivity (Wildman–Crippen MR) is 96.0 cm³/mol. The Morgan fingerprint density at radius 3 is 2.50 bits per heavy atom. The van der Waals surface area contributed by atoms with Crippen molar-refractivity contribution in [1.82, 2.24) is 9.97 Å². The lowest BCUT2D eigenvalue weighted by molar-refractivity contribution is 0.0993. The smallest absolute Gasteiger partial charge is 0.167 e. The van der Waals surface area contributed by atoms with Crippen LogP contribution in [0.25, 0.3) is 22.2 Å². The summed E-state index contributed by atoms with van der Waals surface area (Å²) in [6.07, 6.45) is 4.16. The Morgan fingerprint density at radius 1 is 0.917 bits per heavy atom. The fourth-order valence-electron chi connectivity index (χ4n) is 2.91. The number of pyridine rings is 1. The standard InChI is InChI=1S/C21H16N2O/c24-20(13-15-5-2-1-3-6-15)17-10-8-16(9-11-17)19-14-23-21-18(19)7-4-12-22-21/h1-12,14H,13H2,(H,22,23). The first-order chi connectivity index (χ1) is 11.8. The number of hydrogen-bond donors (Lipinski definition) is 1. The van der Waals surface area contributed by atoms with Crippen LogP contribution in [0.15, 0.2) is 79.1 Å². The van der Waals surface area contributed by atoms with Crippen molar-refractivity contribution < 1.29 is 4.79 Å². The third kappa shape index (κ3) is 2.72. The Hall–Kier alpha value is -3.20. The normalized spacial score (nSPS) is 10.8. The molecule has 2 heterocycles. The molecule has 0 saturated carbocycles. The van der Waals surface area contributed by atoms with Crippen LogP contribution in [0.2, 0.25) is 0 Å². The molecule has 0 fully saturated rings. The van der Waals surface area contributed by atoms with E-state index in [1.807, 2.05) is 72.9 Å². The van der Waals surface area contributed by atoms with Crippen LogP contribution in [-0.2, 0) is 6.42 Å². The highest BCUT2D eigenvalue weighted by atomic mass is 16.1. The van der Waals surface area contributed by atoms with Gasteiger partial charge in [0.2, 0.25) is 0 Å². The first-order valence-corrected chi connectivity index (χ1v) is 7.91. The lowest BCUT2D eigenvalue weighted by Crippen LogP contribution is -2.03. The predicted octanol–water partition coefficient (Wildman–Crippen LogP) is 4.66. The first kappa shape index (κ1) is 14.4. The van der Waals surface area contributed by atoms with Crippen LogP contribution < -0.4 is 0 Å². The monoisotopic (exact) mass is 312 g/mol. The van der Waals surface area contributed by atoms with Gasteiger partial charge < -0.3 is 4.98 Å². The van der Waals surface area contributed by atoms with Crippen molar-refractivity contribution in [2.45, 2.75) is 6.42 Å². The van der Waals surface area contributed by atoms with Crippen molar-refractivity contribution in [1.29, 1.82) is 0 Å². The van der Waals surface area contributed by atoms with Crippen LogP contribution in [0.4, 0.5) is 0 Å². The number of aromatic amines is 1. The van der Waals surface area contributed by atoms with Crippen LogP contribution in [-0.4, -0.2) is 15.8 Å². The number of fused-ring (bicyclic) bond motifs is 1. The largest absolute Gasteiger partial charge is 0.346 e. The summed E-state index contributed by atoms with van der Waals surface area (Å²) in [5.41, 5.74) is 4.82. The van der Waals surface area contributed by atoms with E-state index in [2.05, 4.69) is 9.97 Å². The van der Waals surface area contributed by atoms with Crippen LogP contribution in [0.5, 0.6) is 0 Å². The summed E-state index contributed by atoms with van der Waals surface area (Å²) >= 11 is 0. The van der Waals surface area contributed by atoms with Gasteiger partial charge in [-0.2, -0.15) is 0 Å². The maximum Gasteiger partial charge on any atom is 0.167 e. The quantitative estimate of drug-likeness (QED) is 0.557. The Labute approximate surface area is 140 Å². The second-order valence-electron chi connectivity index (χ2n) is 5.76. The fourth-order valence-corrected chi connectivity index (χ4v) is 2.91. The molecular weight excluding hydrogens is 296 g/mol. The van der Waals surface area contributed by atoms with Gasteiger partial charge in [-0.25, -0.2) is 4.98 Å². The molecule has 3 heteroatoms. The lowest BCUT2D eigenvalue weighted by Gasteiger charge is -2.04. The van der Waals surface area contributed by atoms with Crippen molar-refractivity contribution in [2.75, 3.05) is 0 Å². The van der Waals surface area contributed by atoms with Gasteiger partial charge in [0.05, 0.1) is 0 Å². The molecule has 2 aromatic carbocycles. The molecule has 0 aliphatic heterocycles. The van der Waals surface area contributed by atoms with Crippen molar-refractivity contribution in [3.05, 3.63) is 90.3 Å². The summed E-state index contributed by atoms with van der Waals surface area (Å²) in [5.74, 6) is 0.133. The van der Waals surface area contributed by atoms with E-state index < -0.39 is 0 Å². The van der Waals surface area contributed by atoms with E-state index in [4.69, 9.17) is 0 Å². The average molecular weight is 312 g/mol. The van der Waals surface area contributed by atoms with E-state index in [0.29, 0.717) is 6.42 Å².